The number of benzene rings is 1. The molecule has 1 unspecified atom stereocenters. The van der Waals surface area contributed by atoms with E-state index < -0.39 is 0 Å². The Hall–Kier alpha value is -0.670. The quantitative estimate of drug-likeness (QED) is 0.865. The molecule has 1 atom stereocenters. The summed E-state index contributed by atoms with van der Waals surface area (Å²) < 4.78 is 13.8. The lowest BCUT2D eigenvalue weighted by Gasteiger charge is -2.06. The molecule has 1 aromatic carbocycles. The highest BCUT2D eigenvalue weighted by atomic mass is 79.9. The van der Waals surface area contributed by atoms with E-state index in [0.29, 0.717) is 0 Å². The third-order valence-corrected chi connectivity index (χ3v) is 2.78. The minimum absolute atomic E-state index is 0.00910. The van der Waals surface area contributed by atoms with E-state index in [-0.39, 0.29) is 11.9 Å². The fourth-order valence-corrected chi connectivity index (χ4v) is 1.36. The second-order valence-corrected chi connectivity index (χ2v) is 4.20. The van der Waals surface area contributed by atoms with Gasteiger partial charge in [-0.05, 0) is 37.6 Å². The van der Waals surface area contributed by atoms with Gasteiger partial charge >= 0.3 is 0 Å². The number of hydrogen-bond donors (Lipinski definition) is 1. The highest BCUT2D eigenvalue weighted by molar-refractivity contribution is 9.10. The summed E-state index contributed by atoms with van der Waals surface area (Å²) in [6, 6.07) is 4.58. The topological polar surface area (TPSA) is 26.0 Å². The summed E-state index contributed by atoms with van der Waals surface area (Å²) >= 11 is 3.36. The van der Waals surface area contributed by atoms with Crippen LogP contribution < -0.4 is 5.73 Å². The Bertz CT molecular complexity index is 358. The molecule has 0 radical (unpaired) electrons. The normalized spacial score (nSPS) is 14.2. The highest BCUT2D eigenvalue weighted by Gasteiger charge is 2.01. The zero-order chi connectivity index (χ0) is 10.7. The number of hydrogen-bond acceptors (Lipinski definition) is 1. The van der Waals surface area contributed by atoms with Crippen molar-refractivity contribution in [3.63, 3.8) is 0 Å². The van der Waals surface area contributed by atoms with Crippen LogP contribution in [0.4, 0.5) is 4.39 Å². The molecule has 14 heavy (non-hydrogen) atoms. The molecule has 0 aliphatic heterocycles. The first-order valence-electron chi connectivity index (χ1n) is 4.39. The van der Waals surface area contributed by atoms with E-state index in [0.717, 1.165) is 15.6 Å². The maximum atomic E-state index is 12.9. The number of rotatable bonds is 2. The Labute approximate surface area is 91.9 Å². The van der Waals surface area contributed by atoms with Gasteiger partial charge in [0.15, 0.2) is 0 Å². The Morgan fingerprint density at radius 1 is 1.57 bits per heavy atom. The first-order chi connectivity index (χ1) is 6.50. The first-order valence-corrected chi connectivity index (χ1v) is 5.19. The van der Waals surface area contributed by atoms with Crippen molar-refractivity contribution < 1.29 is 4.39 Å². The second-order valence-electron chi connectivity index (χ2n) is 3.34. The van der Waals surface area contributed by atoms with Crippen LogP contribution >= 0.6 is 15.9 Å². The van der Waals surface area contributed by atoms with E-state index in [4.69, 9.17) is 5.73 Å². The maximum Gasteiger partial charge on any atom is 0.123 e. The van der Waals surface area contributed by atoms with Gasteiger partial charge in [-0.3, -0.25) is 0 Å². The highest BCUT2D eigenvalue weighted by Crippen LogP contribution is 2.20. The van der Waals surface area contributed by atoms with Crippen LogP contribution in [0, 0.1) is 5.82 Å². The van der Waals surface area contributed by atoms with Gasteiger partial charge in [-0.15, -0.1) is 0 Å². The minimum Gasteiger partial charge on any atom is -0.324 e. The predicted octanol–water partition coefficient (Wildman–Crippen LogP) is 3.34. The molecule has 0 spiro atoms. The minimum atomic E-state index is -0.239. The third-order valence-electron chi connectivity index (χ3n) is 2.06. The summed E-state index contributed by atoms with van der Waals surface area (Å²) in [4.78, 5) is 0. The summed E-state index contributed by atoms with van der Waals surface area (Å²) in [5.74, 6) is -0.239. The van der Waals surface area contributed by atoms with Gasteiger partial charge in [-0.2, -0.15) is 0 Å². The van der Waals surface area contributed by atoms with Crippen LogP contribution in [0.1, 0.15) is 19.4 Å². The van der Waals surface area contributed by atoms with Crippen LogP contribution in [0.25, 0.3) is 6.08 Å². The van der Waals surface area contributed by atoms with Crippen molar-refractivity contribution in [2.75, 3.05) is 0 Å². The third kappa shape index (κ3) is 2.93. The number of halogens is 2. The molecule has 0 saturated heterocycles. The lowest BCUT2D eigenvalue weighted by atomic mass is 10.1. The summed E-state index contributed by atoms with van der Waals surface area (Å²) in [6.45, 7) is 3.83. The molecule has 1 nitrogen and oxygen atoms in total. The van der Waals surface area contributed by atoms with Crippen LogP contribution in [-0.2, 0) is 0 Å². The van der Waals surface area contributed by atoms with Crippen molar-refractivity contribution in [2.45, 2.75) is 19.9 Å². The molecule has 0 heterocycles. The largest absolute Gasteiger partial charge is 0.324 e. The van der Waals surface area contributed by atoms with Gasteiger partial charge in [0.1, 0.15) is 5.82 Å². The Kier molecular flexibility index (Phi) is 3.84. The lowest BCUT2D eigenvalue weighted by molar-refractivity contribution is 0.627. The summed E-state index contributed by atoms with van der Waals surface area (Å²) in [6.07, 6.45) is 1.89. The van der Waals surface area contributed by atoms with Crippen molar-refractivity contribution in [3.8, 4) is 0 Å². The van der Waals surface area contributed by atoms with Gasteiger partial charge in [-0.25, -0.2) is 4.39 Å². The molecule has 0 saturated carbocycles. The van der Waals surface area contributed by atoms with E-state index in [2.05, 4.69) is 15.9 Å². The molecule has 3 heteroatoms. The van der Waals surface area contributed by atoms with Gasteiger partial charge < -0.3 is 5.73 Å². The van der Waals surface area contributed by atoms with Crippen LogP contribution in [-0.4, -0.2) is 6.04 Å². The van der Waals surface area contributed by atoms with E-state index in [1.54, 1.807) is 6.07 Å². The molecule has 0 aliphatic carbocycles. The standard InChI is InChI=1S/C11H13BrFN/c1-7(8(2)14)5-9-6-10(13)3-4-11(9)12/h3-6,8H,14H2,1-2H3/b7-5+. The van der Waals surface area contributed by atoms with Crippen LogP contribution in [0.15, 0.2) is 28.2 Å². The molecular formula is C11H13BrFN. The van der Waals surface area contributed by atoms with Gasteiger partial charge in [0.25, 0.3) is 0 Å². The van der Waals surface area contributed by atoms with Crippen LogP contribution in [0.5, 0.6) is 0 Å². The molecule has 0 fully saturated rings. The Morgan fingerprint density at radius 2 is 2.21 bits per heavy atom. The smallest absolute Gasteiger partial charge is 0.123 e. The van der Waals surface area contributed by atoms with Gasteiger partial charge in [-0.1, -0.05) is 27.6 Å². The van der Waals surface area contributed by atoms with Crippen LogP contribution in [0.3, 0.4) is 0 Å². The lowest BCUT2D eigenvalue weighted by Crippen LogP contribution is -2.15. The van der Waals surface area contributed by atoms with E-state index in [1.807, 2.05) is 19.9 Å². The van der Waals surface area contributed by atoms with Crippen molar-refractivity contribution in [1.29, 1.82) is 0 Å². The fourth-order valence-electron chi connectivity index (χ4n) is 1.00. The summed E-state index contributed by atoms with van der Waals surface area (Å²) in [5.41, 5.74) is 7.54. The Morgan fingerprint density at radius 3 is 2.79 bits per heavy atom. The van der Waals surface area contributed by atoms with Crippen molar-refractivity contribution in [3.05, 3.63) is 39.6 Å². The van der Waals surface area contributed by atoms with E-state index in [1.165, 1.54) is 12.1 Å². The maximum absolute atomic E-state index is 12.9. The fraction of sp³-hybridized carbons (Fsp3) is 0.273. The zero-order valence-electron chi connectivity index (χ0n) is 8.22. The molecule has 0 aromatic heterocycles. The molecule has 0 aliphatic rings. The number of nitrogens with two attached hydrogens (primary N) is 1. The zero-order valence-corrected chi connectivity index (χ0v) is 9.81. The van der Waals surface area contributed by atoms with E-state index in [9.17, 15) is 4.39 Å². The summed E-state index contributed by atoms with van der Waals surface area (Å²) in [5, 5.41) is 0. The first kappa shape index (κ1) is 11.4. The molecule has 1 aromatic rings. The van der Waals surface area contributed by atoms with Gasteiger partial charge in [0.2, 0.25) is 0 Å². The monoisotopic (exact) mass is 257 g/mol. The molecule has 76 valence electrons. The van der Waals surface area contributed by atoms with Gasteiger partial charge in [0, 0.05) is 10.5 Å². The molecule has 0 amide bonds. The predicted molar refractivity (Wildman–Crippen MR) is 61.4 cm³/mol. The second kappa shape index (κ2) is 4.71. The van der Waals surface area contributed by atoms with Crippen molar-refractivity contribution in [2.24, 2.45) is 5.73 Å². The van der Waals surface area contributed by atoms with Crippen LogP contribution in [0.2, 0.25) is 0 Å². The average Bonchev–Trinajstić information content (AvgIpc) is 2.11. The van der Waals surface area contributed by atoms with E-state index >= 15 is 0 Å². The molecular weight excluding hydrogens is 245 g/mol. The SMILES string of the molecule is C/C(=C\c1cc(F)ccc1Br)C(C)N. The molecule has 0 bridgehead atoms. The van der Waals surface area contributed by atoms with Crippen molar-refractivity contribution in [1.82, 2.24) is 0 Å². The van der Waals surface area contributed by atoms with Gasteiger partial charge in [0.05, 0.1) is 0 Å². The molecule has 2 N–H and O–H groups in total. The van der Waals surface area contributed by atoms with Crippen molar-refractivity contribution >= 4 is 22.0 Å². The molecule has 1 rings (SSSR count). The summed E-state index contributed by atoms with van der Waals surface area (Å²) in [7, 11) is 0. The average molecular weight is 258 g/mol. The Balaban J connectivity index is 3.07.